The summed E-state index contributed by atoms with van der Waals surface area (Å²) in [5, 5.41) is 8.83. The van der Waals surface area contributed by atoms with E-state index in [0.717, 1.165) is 44.4 Å². The lowest BCUT2D eigenvalue weighted by Crippen LogP contribution is -2.46. The van der Waals surface area contributed by atoms with Crippen molar-refractivity contribution in [3.05, 3.63) is 58.0 Å². The standard InChI is InChI=1S/C19H25FN4OS/c1-21-19(22-13-15-4-6-16(20)7-5-15)23-14-17(18-3-2-12-26-18)24-8-10-25-11-9-24/h2-7,12,17H,8-11,13-14H2,1H3,(H2,21,22,23). The first-order valence-electron chi connectivity index (χ1n) is 8.80. The van der Waals surface area contributed by atoms with Crippen LogP contribution in [-0.4, -0.2) is 50.8 Å². The zero-order chi connectivity index (χ0) is 18.2. The number of halogens is 1. The molecule has 0 aliphatic carbocycles. The van der Waals surface area contributed by atoms with Crippen LogP contribution in [0.25, 0.3) is 0 Å². The number of nitrogens with zero attached hydrogens (tertiary/aromatic N) is 2. The van der Waals surface area contributed by atoms with Crippen molar-refractivity contribution in [3.63, 3.8) is 0 Å². The fraction of sp³-hybridized carbons (Fsp3) is 0.421. The Morgan fingerprint density at radius 1 is 1.23 bits per heavy atom. The van der Waals surface area contributed by atoms with Gasteiger partial charge in [-0.3, -0.25) is 9.89 Å². The van der Waals surface area contributed by atoms with Gasteiger partial charge >= 0.3 is 0 Å². The number of benzene rings is 1. The van der Waals surface area contributed by atoms with E-state index in [1.165, 1.54) is 17.0 Å². The van der Waals surface area contributed by atoms with Gasteiger partial charge in [-0.2, -0.15) is 0 Å². The third-order valence-electron chi connectivity index (χ3n) is 4.42. The fourth-order valence-electron chi connectivity index (χ4n) is 2.98. The molecule has 0 radical (unpaired) electrons. The Morgan fingerprint density at radius 2 is 2.00 bits per heavy atom. The number of nitrogens with one attached hydrogen (secondary N) is 2. The van der Waals surface area contributed by atoms with Crippen molar-refractivity contribution >= 4 is 17.3 Å². The minimum absolute atomic E-state index is 0.222. The van der Waals surface area contributed by atoms with Gasteiger partial charge in [-0.1, -0.05) is 18.2 Å². The van der Waals surface area contributed by atoms with Crippen molar-refractivity contribution in [3.8, 4) is 0 Å². The van der Waals surface area contributed by atoms with Crippen molar-refractivity contribution in [2.45, 2.75) is 12.6 Å². The van der Waals surface area contributed by atoms with Crippen molar-refractivity contribution in [1.29, 1.82) is 0 Å². The second kappa shape index (κ2) is 9.66. The summed E-state index contributed by atoms with van der Waals surface area (Å²) in [6.45, 7) is 4.79. The largest absolute Gasteiger partial charge is 0.379 e. The smallest absolute Gasteiger partial charge is 0.191 e. The molecule has 5 nitrogen and oxygen atoms in total. The monoisotopic (exact) mass is 376 g/mol. The highest BCUT2D eigenvalue weighted by atomic mass is 32.1. The summed E-state index contributed by atoms with van der Waals surface area (Å²) in [6, 6.07) is 11.1. The zero-order valence-electron chi connectivity index (χ0n) is 15.0. The van der Waals surface area contributed by atoms with Crippen LogP contribution in [0.2, 0.25) is 0 Å². The molecule has 0 saturated carbocycles. The maximum absolute atomic E-state index is 13.0. The molecule has 1 aliphatic rings. The van der Waals surface area contributed by atoms with Crippen molar-refractivity contribution in [2.24, 2.45) is 4.99 Å². The molecule has 1 unspecified atom stereocenters. The average molecular weight is 377 g/mol. The van der Waals surface area contributed by atoms with Crippen molar-refractivity contribution < 1.29 is 9.13 Å². The van der Waals surface area contributed by atoms with Gasteiger partial charge in [0, 0.05) is 38.1 Å². The summed E-state index contributed by atoms with van der Waals surface area (Å²) >= 11 is 1.78. The molecular formula is C19H25FN4OS. The molecule has 3 rings (SSSR count). The van der Waals surface area contributed by atoms with Gasteiger partial charge < -0.3 is 15.4 Å². The number of guanidine groups is 1. The van der Waals surface area contributed by atoms with Crippen LogP contribution in [0.3, 0.4) is 0 Å². The Hall–Kier alpha value is -1.96. The number of thiophene rings is 1. The number of hydrogen-bond donors (Lipinski definition) is 2. The second-order valence-electron chi connectivity index (χ2n) is 6.11. The molecule has 1 aromatic carbocycles. The van der Waals surface area contributed by atoms with Gasteiger partial charge in [0.2, 0.25) is 0 Å². The van der Waals surface area contributed by atoms with E-state index in [0.29, 0.717) is 12.6 Å². The minimum atomic E-state index is -0.222. The molecule has 0 bridgehead atoms. The Labute approximate surface area is 157 Å². The maximum atomic E-state index is 13.0. The van der Waals surface area contributed by atoms with Gasteiger partial charge in [-0.15, -0.1) is 11.3 Å². The molecule has 140 valence electrons. The van der Waals surface area contributed by atoms with Gasteiger partial charge in [0.25, 0.3) is 0 Å². The lowest BCUT2D eigenvalue weighted by Gasteiger charge is -2.34. The first kappa shape index (κ1) is 18.8. The Bertz CT molecular complexity index is 684. The molecule has 0 spiro atoms. The number of ether oxygens (including phenoxy) is 1. The molecular weight excluding hydrogens is 351 g/mol. The summed E-state index contributed by atoms with van der Waals surface area (Å²) in [4.78, 5) is 8.09. The lowest BCUT2D eigenvalue weighted by molar-refractivity contribution is 0.0177. The average Bonchev–Trinajstić information content (AvgIpc) is 3.21. The summed E-state index contributed by atoms with van der Waals surface area (Å²) in [5.41, 5.74) is 1.01. The van der Waals surface area contributed by atoms with E-state index in [4.69, 9.17) is 4.74 Å². The maximum Gasteiger partial charge on any atom is 0.191 e. The van der Waals surface area contributed by atoms with Crippen LogP contribution in [0.5, 0.6) is 0 Å². The molecule has 1 aliphatic heterocycles. The summed E-state index contributed by atoms with van der Waals surface area (Å²) in [5.74, 6) is 0.518. The molecule has 1 saturated heterocycles. The minimum Gasteiger partial charge on any atom is -0.379 e. The number of rotatable bonds is 6. The van der Waals surface area contributed by atoms with Crippen LogP contribution in [0, 0.1) is 5.82 Å². The number of morpholine rings is 1. The van der Waals surface area contributed by atoms with Gasteiger partial charge in [0.15, 0.2) is 5.96 Å². The zero-order valence-corrected chi connectivity index (χ0v) is 15.8. The quantitative estimate of drug-likeness (QED) is 0.601. The normalized spacial score (nSPS) is 17.1. The number of hydrogen-bond acceptors (Lipinski definition) is 4. The topological polar surface area (TPSA) is 48.9 Å². The highest BCUT2D eigenvalue weighted by Crippen LogP contribution is 2.25. The molecule has 1 aromatic heterocycles. The summed E-state index contributed by atoms with van der Waals surface area (Å²) < 4.78 is 18.5. The third kappa shape index (κ3) is 5.27. The SMILES string of the molecule is CN=C(NCc1ccc(F)cc1)NCC(c1cccs1)N1CCOCC1. The summed E-state index contributed by atoms with van der Waals surface area (Å²) in [6.07, 6.45) is 0. The Morgan fingerprint density at radius 3 is 2.65 bits per heavy atom. The highest BCUT2D eigenvalue weighted by Gasteiger charge is 2.23. The Balaban J connectivity index is 1.56. The summed E-state index contributed by atoms with van der Waals surface area (Å²) in [7, 11) is 1.76. The fourth-order valence-corrected chi connectivity index (χ4v) is 3.84. The van der Waals surface area contributed by atoms with E-state index in [1.54, 1.807) is 30.5 Å². The Kier molecular flexibility index (Phi) is 6.99. The van der Waals surface area contributed by atoms with Crippen LogP contribution in [0.1, 0.15) is 16.5 Å². The van der Waals surface area contributed by atoms with E-state index in [-0.39, 0.29) is 5.82 Å². The molecule has 1 atom stereocenters. The van der Waals surface area contributed by atoms with E-state index < -0.39 is 0 Å². The lowest BCUT2D eigenvalue weighted by atomic mass is 10.2. The van der Waals surface area contributed by atoms with Gasteiger partial charge in [-0.05, 0) is 29.1 Å². The molecule has 7 heteroatoms. The number of aliphatic imine (C=N–C) groups is 1. The van der Waals surface area contributed by atoms with Crippen LogP contribution in [-0.2, 0) is 11.3 Å². The van der Waals surface area contributed by atoms with Gasteiger partial charge in [0.05, 0.1) is 19.3 Å². The third-order valence-corrected chi connectivity index (χ3v) is 5.39. The van der Waals surface area contributed by atoms with Crippen LogP contribution >= 0.6 is 11.3 Å². The molecule has 2 N–H and O–H groups in total. The van der Waals surface area contributed by atoms with Crippen LogP contribution < -0.4 is 10.6 Å². The molecule has 2 aromatic rings. The van der Waals surface area contributed by atoms with E-state index in [1.807, 2.05) is 0 Å². The highest BCUT2D eigenvalue weighted by molar-refractivity contribution is 7.10. The molecule has 26 heavy (non-hydrogen) atoms. The van der Waals surface area contributed by atoms with Crippen LogP contribution in [0.15, 0.2) is 46.8 Å². The molecule has 0 amide bonds. The van der Waals surface area contributed by atoms with E-state index >= 15 is 0 Å². The predicted molar refractivity (Wildman–Crippen MR) is 104 cm³/mol. The second-order valence-corrected chi connectivity index (χ2v) is 7.09. The van der Waals surface area contributed by atoms with Gasteiger partial charge in [-0.25, -0.2) is 4.39 Å². The van der Waals surface area contributed by atoms with E-state index in [9.17, 15) is 4.39 Å². The predicted octanol–water partition coefficient (Wildman–Crippen LogP) is 2.63. The van der Waals surface area contributed by atoms with Crippen LogP contribution in [0.4, 0.5) is 4.39 Å². The first-order valence-corrected chi connectivity index (χ1v) is 9.68. The molecule has 2 heterocycles. The van der Waals surface area contributed by atoms with Crippen molar-refractivity contribution in [1.82, 2.24) is 15.5 Å². The first-order chi connectivity index (χ1) is 12.8. The van der Waals surface area contributed by atoms with E-state index in [2.05, 4.69) is 38.0 Å². The van der Waals surface area contributed by atoms with Gasteiger partial charge in [0.1, 0.15) is 5.82 Å². The van der Waals surface area contributed by atoms with Crippen molar-refractivity contribution in [2.75, 3.05) is 39.9 Å². The molecule has 1 fully saturated rings.